The van der Waals surface area contributed by atoms with Crippen LogP contribution in [0, 0.1) is 5.92 Å². The van der Waals surface area contributed by atoms with Gasteiger partial charge in [-0.15, -0.1) is 0 Å². The highest BCUT2D eigenvalue weighted by Gasteiger charge is 2.21. The molecule has 1 aliphatic rings. The van der Waals surface area contributed by atoms with Crippen LogP contribution in [0.3, 0.4) is 0 Å². The van der Waals surface area contributed by atoms with Crippen molar-refractivity contribution in [1.29, 1.82) is 0 Å². The Balaban J connectivity index is 1.94. The Labute approximate surface area is 97.0 Å². The van der Waals surface area contributed by atoms with Gasteiger partial charge in [-0.05, 0) is 31.2 Å². The van der Waals surface area contributed by atoms with Gasteiger partial charge in [-0.25, -0.2) is 4.98 Å². The Morgan fingerprint density at radius 2 is 2.38 bits per heavy atom. The zero-order valence-electron chi connectivity index (χ0n) is 9.86. The third-order valence-corrected chi connectivity index (χ3v) is 3.37. The second-order valence-electron chi connectivity index (χ2n) is 4.60. The lowest BCUT2D eigenvalue weighted by Crippen LogP contribution is -2.25. The van der Waals surface area contributed by atoms with Crippen molar-refractivity contribution in [3.05, 3.63) is 18.3 Å². The molecule has 88 valence electrons. The van der Waals surface area contributed by atoms with Crippen molar-refractivity contribution >= 4 is 5.82 Å². The number of nitrogens with two attached hydrogens (primary N) is 1. The maximum absolute atomic E-state index is 5.95. The van der Waals surface area contributed by atoms with Crippen LogP contribution in [0.15, 0.2) is 18.3 Å². The first-order valence-electron chi connectivity index (χ1n) is 6.16. The summed E-state index contributed by atoms with van der Waals surface area (Å²) < 4.78 is 5.95. The molecule has 2 N–H and O–H groups in total. The first kappa shape index (κ1) is 11.2. The number of anilines is 1. The predicted molar refractivity (Wildman–Crippen MR) is 65.3 cm³/mol. The second-order valence-corrected chi connectivity index (χ2v) is 4.60. The van der Waals surface area contributed by atoms with E-state index in [4.69, 9.17) is 10.5 Å². The summed E-state index contributed by atoms with van der Waals surface area (Å²) in [6, 6.07) is 3.68. The highest BCUT2D eigenvalue weighted by atomic mass is 16.5. The van der Waals surface area contributed by atoms with Crippen LogP contribution in [0.5, 0.6) is 5.75 Å². The number of ether oxygens (including phenoxy) is 1. The normalized spacial score (nSPS) is 25.3. The summed E-state index contributed by atoms with van der Waals surface area (Å²) in [4.78, 5) is 3.96. The molecular formula is C13H20N2O. The van der Waals surface area contributed by atoms with Crippen LogP contribution in [-0.2, 0) is 0 Å². The minimum Gasteiger partial charge on any atom is -0.490 e. The Kier molecular flexibility index (Phi) is 3.65. The van der Waals surface area contributed by atoms with E-state index in [0.29, 0.717) is 11.9 Å². The molecule has 1 saturated carbocycles. The third-order valence-electron chi connectivity index (χ3n) is 3.37. The molecule has 0 spiro atoms. The van der Waals surface area contributed by atoms with Gasteiger partial charge in [0.2, 0.25) is 0 Å². The van der Waals surface area contributed by atoms with Gasteiger partial charge in [-0.3, -0.25) is 0 Å². The van der Waals surface area contributed by atoms with E-state index in [1.54, 1.807) is 12.3 Å². The van der Waals surface area contributed by atoms with Crippen molar-refractivity contribution < 1.29 is 4.74 Å². The maximum atomic E-state index is 5.95. The molecule has 1 aromatic heterocycles. The van der Waals surface area contributed by atoms with E-state index >= 15 is 0 Å². The van der Waals surface area contributed by atoms with E-state index in [1.165, 1.54) is 32.1 Å². The number of nitrogens with zero attached hydrogens (tertiary/aromatic N) is 1. The first-order valence-corrected chi connectivity index (χ1v) is 6.16. The van der Waals surface area contributed by atoms with Crippen LogP contribution in [0.2, 0.25) is 0 Å². The molecule has 0 saturated heterocycles. The van der Waals surface area contributed by atoms with E-state index in [2.05, 4.69) is 11.9 Å². The fourth-order valence-electron chi connectivity index (χ4n) is 2.41. The first-order chi connectivity index (χ1) is 7.78. The molecule has 0 amide bonds. The molecule has 0 bridgehead atoms. The summed E-state index contributed by atoms with van der Waals surface area (Å²) in [5.41, 5.74) is 5.63. The molecule has 16 heavy (non-hydrogen) atoms. The minimum absolute atomic E-state index is 0.362. The molecule has 0 aliphatic heterocycles. The fraction of sp³-hybridized carbons (Fsp3) is 0.615. The van der Waals surface area contributed by atoms with E-state index in [1.807, 2.05) is 6.07 Å². The molecule has 3 nitrogen and oxygen atoms in total. The number of hydrogen-bond donors (Lipinski definition) is 1. The van der Waals surface area contributed by atoms with Crippen molar-refractivity contribution in [3.63, 3.8) is 0 Å². The zero-order chi connectivity index (χ0) is 11.4. The average molecular weight is 220 g/mol. The summed E-state index contributed by atoms with van der Waals surface area (Å²) in [7, 11) is 0. The SMILES string of the molecule is CCC1CCCC(Oc2ccnc(N)c2)C1. The van der Waals surface area contributed by atoms with Gasteiger partial charge in [0.25, 0.3) is 0 Å². The summed E-state index contributed by atoms with van der Waals surface area (Å²) in [5, 5.41) is 0. The molecule has 3 heteroatoms. The van der Waals surface area contributed by atoms with E-state index in [0.717, 1.165) is 11.7 Å². The van der Waals surface area contributed by atoms with Crippen molar-refractivity contribution in [2.75, 3.05) is 5.73 Å². The molecule has 0 radical (unpaired) electrons. The van der Waals surface area contributed by atoms with Crippen LogP contribution in [0.4, 0.5) is 5.82 Å². The van der Waals surface area contributed by atoms with Gasteiger partial charge in [0.15, 0.2) is 0 Å². The molecule has 2 rings (SSSR count). The predicted octanol–water partition coefficient (Wildman–Crippen LogP) is 3.01. The quantitative estimate of drug-likeness (QED) is 0.851. The van der Waals surface area contributed by atoms with Crippen molar-refractivity contribution in [3.8, 4) is 5.75 Å². The van der Waals surface area contributed by atoms with Crippen molar-refractivity contribution in [1.82, 2.24) is 4.98 Å². The van der Waals surface area contributed by atoms with E-state index in [-0.39, 0.29) is 0 Å². The van der Waals surface area contributed by atoms with Crippen LogP contribution in [-0.4, -0.2) is 11.1 Å². The second kappa shape index (κ2) is 5.19. The van der Waals surface area contributed by atoms with Gasteiger partial charge in [-0.2, -0.15) is 0 Å². The number of hydrogen-bond acceptors (Lipinski definition) is 3. The molecular weight excluding hydrogens is 200 g/mol. The van der Waals surface area contributed by atoms with Crippen molar-refractivity contribution in [2.45, 2.75) is 45.1 Å². The molecule has 1 heterocycles. The topological polar surface area (TPSA) is 48.1 Å². The summed E-state index contributed by atoms with van der Waals surface area (Å²) in [5.74, 6) is 2.22. The zero-order valence-corrected chi connectivity index (χ0v) is 9.86. The van der Waals surface area contributed by atoms with Crippen LogP contribution in [0.25, 0.3) is 0 Å². The summed E-state index contributed by atoms with van der Waals surface area (Å²) in [6.07, 6.45) is 8.31. The maximum Gasteiger partial charge on any atom is 0.126 e. The Morgan fingerprint density at radius 3 is 3.12 bits per heavy atom. The molecule has 1 aliphatic carbocycles. The smallest absolute Gasteiger partial charge is 0.126 e. The van der Waals surface area contributed by atoms with Gasteiger partial charge in [0.05, 0.1) is 6.10 Å². The highest BCUT2D eigenvalue weighted by molar-refractivity contribution is 5.35. The molecule has 2 atom stereocenters. The van der Waals surface area contributed by atoms with Gasteiger partial charge in [0, 0.05) is 12.3 Å². The Morgan fingerprint density at radius 1 is 1.50 bits per heavy atom. The van der Waals surface area contributed by atoms with Crippen LogP contribution >= 0.6 is 0 Å². The Bertz CT molecular complexity index is 340. The van der Waals surface area contributed by atoms with Crippen molar-refractivity contribution in [2.24, 2.45) is 5.92 Å². The number of aromatic nitrogens is 1. The number of rotatable bonds is 3. The standard InChI is InChI=1S/C13H20N2O/c1-2-10-4-3-5-11(8-10)16-12-6-7-15-13(14)9-12/h6-7,9-11H,2-5,8H2,1H3,(H2,14,15). The lowest BCUT2D eigenvalue weighted by atomic mass is 9.85. The fourth-order valence-corrected chi connectivity index (χ4v) is 2.41. The van der Waals surface area contributed by atoms with Crippen LogP contribution < -0.4 is 10.5 Å². The molecule has 1 fully saturated rings. The lowest BCUT2D eigenvalue weighted by Gasteiger charge is -2.28. The largest absolute Gasteiger partial charge is 0.490 e. The average Bonchev–Trinajstić information content (AvgIpc) is 2.29. The van der Waals surface area contributed by atoms with E-state index in [9.17, 15) is 0 Å². The lowest BCUT2D eigenvalue weighted by molar-refractivity contribution is 0.122. The van der Waals surface area contributed by atoms with Gasteiger partial charge in [0.1, 0.15) is 11.6 Å². The third kappa shape index (κ3) is 2.87. The highest BCUT2D eigenvalue weighted by Crippen LogP contribution is 2.29. The minimum atomic E-state index is 0.362. The van der Waals surface area contributed by atoms with Gasteiger partial charge < -0.3 is 10.5 Å². The van der Waals surface area contributed by atoms with Gasteiger partial charge >= 0.3 is 0 Å². The number of pyridine rings is 1. The number of nitrogen functional groups attached to an aromatic ring is 1. The monoisotopic (exact) mass is 220 g/mol. The molecule has 1 aromatic rings. The summed E-state index contributed by atoms with van der Waals surface area (Å²) >= 11 is 0. The molecule has 0 aromatic carbocycles. The molecule has 2 unspecified atom stereocenters. The van der Waals surface area contributed by atoms with E-state index < -0.39 is 0 Å². The Hall–Kier alpha value is -1.25. The van der Waals surface area contributed by atoms with Crippen LogP contribution in [0.1, 0.15) is 39.0 Å². The van der Waals surface area contributed by atoms with Gasteiger partial charge in [-0.1, -0.05) is 19.8 Å². The summed E-state index contributed by atoms with van der Waals surface area (Å²) in [6.45, 7) is 2.26.